The SMILES string of the molecule is N[C@@H](CCC(=O)N[C@@H](CSC1CC(=O)N([C@@H]2O[C@H](CO)[C@@H](O[C@H]3O[C@H](CO)[C@@H](O)[C@H](O)[C@H]3O)[C@H](O)[C@H]2O)C1=O)C(=O)NCC(=O)O)C(=O)O. The molecule has 0 radical (unpaired) electrons. The molecule has 23 heteroatoms. The highest BCUT2D eigenvalue weighted by Gasteiger charge is 2.55. The molecule has 3 aliphatic heterocycles. The van der Waals surface area contributed by atoms with Gasteiger partial charge in [-0.2, -0.15) is 0 Å². The van der Waals surface area contributed by atoms with Crippen LogP contribution in [0, 0.1) is 0 Å². The van der Waals surface area contributed by atoms with Crippen molar-refractivity contribution < 1.29 is 88.9 Å². The van der Waals surface area contributed by atoms with Crippen molar-refractivity contribution in [1.82, 2.24) is 15.5 Å². The highest BCUT2D eigenvalue weighted by atomic mass is 32.2. The molecular formula is C26H40N4O18S. The van der Waals surface area contributed by atoms with Crippen LogP contribution in [0.3, 0.4) is 0 Å². The summed E-state index contributed by atoms with van der Waals surface area (Å²) in [7, 11) is 0. The number of carboxylic acids is 2. The average Bonchev–Trinajstić information content (AvgIpc) is 3.34. The fourth-order valence-electron chi connectivity index (χ4n) is 5.16. The Morgan fingerprint density at radius 2 is 1.59 bits per heavy atom. The van der Waals surface area contributed by atoms with Gasteiger partial charge >= 0.3 is 11.9 Å². The summed E-state index contributed by atoms with van der Waals surface area (Å²) in [6, 6.07) is -2.82. The third kappa shape index (κ3) is 9.80. The number of ether oxygens (including phenoxy) is 3. The number of rotatable bonds is 16. The smallest absolute Gasteiger partial charge is 0.322 e. The van der Waals surface area contributed by atoms with Gasteiger partial charge in [0.05, 0.1) is 18.5 Å². The molecule has 3 aliphatic rings. The van der Waals surface area contributed by atoms with E-state index in [2.05, 4.69) is 10.6 Å². The van der Waals surface area contributed by atoms with E-state index in [1.54, 1.807) is 0 Å². The van der Waals surface area contributed by atoms with E-state index in [0.29, 0.717) is 16.7 Å². The van der Waals surface area contributed by atoms with E-state index < -0.39 is 147 Å². The second-order valence-corrected chi connectivity index (χ2v) is 12.6. The third-order valence-electron chi connectivity index (χ3n) is 7.90. The molecule has 49 heavy (non-hydrogen) atoms. The van der Waals surface area contributed by atoms with E-state index in [0.717, 1.165) is 0 Å². The molecule has 278 valence electrons. The number of nitrogens with one attached hydrogen (secondary N) is 2. The Hall–Kier alpha value is -3.07. The number of aliphatic carboxylic acids is 2. The zero-order valence-electron chi connectivity index (χ0n) is 25.6. The number of carbonyl (C=O) groups is 6. The van der Waals surface area contributed by atoms with Crippen LogP contribution in [0.1, 0.15) is 19.3 Å². The summed E-state index contributed by atoms with van der Waals surface area (Å²) >= 11 is 0.704. The number of nitrogens with two attached hydrogens (primary N) is 1. The molecule has 22 nitrogen and oxygen atoms in total. The first-order valence-corrected chi connectivity index (χ1v) is 15.9. The van der Waals surface area contributed by atoms with Crippen molar-refractivity contribution in [3.63, 3.8) is 0 Å². The number of hydrogen-bond acceptors (Lipinski definition) is 18. The number of thioether (sulfide) groups is 1. The number of nitrogens with zero attached hydrogens (tertiary/aromatic N) is 1. The first-order valence-electron chi connectivity index (χ1n) is 14.8. The average molecular weight is 729 g/mol. The standard InChI is InChI=1S/C26H40N4O18S/c27-8(25(44)45)1-2-13(33)29-9(22(42)28-4-15(35)36)7-49-12-3-14(34)30(23(12)43)24-19(40)18(39)21(11(6-32)46-24)48-26-20(41)17(38)16(37)10(5-31)47-26/h8-12,16-21,24,26,31-32,37-41H,1-7,27H2,(H,28,42)(H,29,33)(H,35,36)(H,44,45)/t8-,9-,10+,11+,12?,16+,17-,18+,19+,20+,21+,24+,26+/m0/s1. The van der Waals surface area contributed by atoms with E-state index in [9.17, 15) is 64.5 Å². The number of likely N-dealkylation sites (tertiary alicyclic amines) is 1. The Balaban J connectivity index is 1.69. The highest BCUT2D eigenvalue weighted by molar-refractivity contribution is 8.00. The second kappa shape index (κ2) is 17.7. The monoisotopic (exact) mass is 728 g/mol. The summed E-state index contributed by atoms with van der Waals surface area (Å²) in [5.41, 5.74) is 5.38. The molecular weight excluding hydrogens is 688 g/mol. The number of carboxylic acid groups (broad SMARTS) is 2. The number of imide groups is 1. The largest absolute Gasteiger partial charge is 0.480 e. The normalized spacial score (nSPS) is 34.7. The molecule has 4 amide bonds. The second-order valence-electron chi connectivity index (χ2n) is 11.4. The molecule has 0 aromatic rings. The number of carbonyl (C=O) groups excluding carboxylic acids is 4. The van der Waals surface area contributed by atoms with Crippen LogP contribution in [-0.2, 0) is 43.0 Å². The number of hydrogen-bond donors (Lipinski definition) is 12. The number of aliphatic hydroxyl groups is 7. The van der Waals surface area contributed by atoms with Gasteiger partial charge in [0, 0.05) is 18.6 Å². The van der Waals surface area contributed by atoms with Crippen LogP contribution in [0.25, 0.3) is 0 Å². The predicted molar refractivity (Wildman–Crippen MR) is 157 cm³/mol. The molecule has 3 fully saturated rings. The van der Waals surface area contributed by atoms with Gasteiger partial charge in [-0.25, -0.2) is 0 Å². The van der Waals surface area contributed by atoms with Crippen molar-refractivity contribution in [1.29, 1.82) is 0 Å². The molecule has 3 heterocycles. The maximum absolute atomic E-state index is 13.4. The number of amides is 4. The van der Waals surface area contributed by atoms with E-state index in [-0.39, 0.29) is 12.2 Å². The van der Waals surface area contributed by atoms with Crippen LogP contribution in [0.2, 0.25) is 0 Å². The zero-order valence-corrected chi connectivity index (χ0v) is 26.4. The minimum atomic E-state index is -2.07. The lowest BCUT2D eigenvalue weighted by Crippen LogP contribution is -2.67. The molecule has 13 atom stereocenters. The summed E-state index contributed by atoms with van der Waals surface area (Å²) < 4.78 is 16.3. The van der Waals surface area contributed by atoms with Gasteiger partial charge < -0.3 is 76.5 Å². The maximum atomic E-state index is 13.4. The molecule has 3 saturated heterocycles. The van der Waals surface area contributed by atoms with Crippen molar-refractivity contribution in [2.45, 2.75) is 97.9 Å². The lowest BCUT2D eigenvalue weighted by Gasteiger charge is -2.47. The summed E-state index contributed by atoms with van der Waals surface area (Å²) in [6.45, 7) is -2.55. The first kappa shape index (κ1) is 40.4. The van der Waals surface area contributed by atoms with Gasteiger partial charge in [-0.15, -0.1) is 11.8 Å². The molecule has 3 rings (SSSR count). The van der Waals surface area contributed by atoms with Gasteiger partial charge in [0.25, 0.3) is 0 Å². The van der Waals surface area contributed by atoms with Gasteiger partial charge in [0.1, 0.15) is 67.5 Å². The summed E-state index contributed by atoms with van der Waals surface area (Å²) in [4.78, 5) is 73.7. The van der Waals surface area contributed by atoms with Crippen LogP contribution >= 0.6 is 11.8 Å². The van der Waals surface area contributed by atoms with Crippen LogP contribution in [0.4, 0.5) is 0 Å². The van der Waals surface area contributed by atoms with E-state index in [4.69, 9.17) is 30.2 Å². The molecule has 1 unspecified atom stereocenters. The summed E-state index contributed by atoms with van der Waals surface area (Å²) in [5, 5.41) is 92.4. The van der Waals surface area contributed by atoms with Crippen LogP contribution < -0.4 is 16.4 Å². The molecule has 0 saturated carbocycles. The first-order chi connectivity index (χ1) is 23.0. The minimum absolute atomic E-state index is 0.291. The van der Waals surface area contributed by atoms with Gasteiger partial charge in [-0.1, -0.05) is 0 Å². The van der Waals surface area contributed by atoms with Gasteiger partial charge in [0.15, 0.2) is 12.5 Å². The lowest BCUT2D eigenvalue weighted by atomic mass is 9.96. The van der Waals surface area contributed by atoms with Crippen molar-refractivity contribution >= 4 is 47.3 Å². The highest BCUT2D eigenvalue weighted by Crippen LogP contribution is 2.34. The minimum Gasteiger partial charge on any atom is -0.480 e. The fraction of sp³-hybridized carbons (Fsp3) is 0.769. The van der Waals surface area contributed by atoms with Crippen LogP contribution in [0.15, 0.2) is 0 Å². The quantitative estimate of drug-likeness (QED) is 0.0656. The fourth-order valence-corrected chi connectivity index (χ4v) is 6.34. The van der Waals surface area contributed by atoms with E-state index >= 15 is 0 Å². The Morgan fingerprint density at radius 3 is 2.18 bits per heavy atom. The molecule has 0 bridgehead atoms. The molecule has 13 N–H and O–H groups in total. The summed E-state index contributed by atoms with van der Waals surface area (Å²) in [5.74, 6) is -6.79. The number of aliphatic hydroxyl groups excluding tert-OH is 7. The van der Waals surface area contributed by atoms with Crippen molar-refractivity contribution in [3.05, 3.63) is 0 Å². The van der Waals surface area contributed by atoms with Gasteiger partial charge in [-0.05, 0) is 6.42 Å². The third-order valence-corrected chi connectivity index (χ3v) is 9.20. The van der Waals surface area contributed by atoms with Gasteiger partial charge in [0.2, 0.25) is 23.6 Å². The van der Waals surface area contributed by atoms with Crippen LogP contribution in [-0.4, -0.2) is 191 Å². The zero-order chi connectivity index (χ0) is 36.7. The Morgan fingerprint density at radius 1 is 0.939 bits per heavy atom. The molecule has 0 aromatic carbocycles. The predicted octanol–water partition coefficient (Wildman–Crippen LogP) is -7.65. The van der Waals surface area contributed by atoms with E-state index in [1.807, 2.05) is 0 Å². The topological polar surface area (TPSA) is 365 Å². The Bertz CT molecular complexity index is 1230. The van der Waals surface area contributed by atoms with Crippen molar-refractivity contribution in [2.75, 3.05) is 25.5 Å². The van der Waals surface area contributed by atoms with Crippen molar-refractivity contribution in [3.8, 4) is 0 Å². The Kier molecular flexibility index (Phi) is 14.6. The molecule has 0 aliphatic carbocycles. The molecule has 0 spiro atoms. The summed E-state index contributed by atoms with van der Waals surface area (Å²) in [6.07, 6.45) is -19.1. The van der Waals surface area contributed by atoms with E-state index in [1.165, 1.54) is 0 Å². The lowest BCUT2D eigenvalue weighted by molar-refractivity contribution is -0.346. The maximum Gasteiger partial charge on any atom is 0.322 e. The molecule has 0 aromatic heterocycles. The van der Waals surface area contributed by atoms with Gasteiger partial charge in [-0.3, -0.25) is 33.7 Å². The Labute approximate surface area is 281 Å². The van der Waals surface area contributed by atoms with Crippen LogP contribution in [0.5, 0.6) is 0 Å². The van der Waals surface area contributed by atoms with Crippen molar-refractivity contribution in [2.24, 2.45) is 5.73 Å².